The fourth-order valence-electron chi connectivity index (χ4n) is 6.12. The van der Waals surface area contributed by atoms with Gasteiger partial charge in [-0.25, -0.2) is 4.79 Å². The molecule has 334 valence electrons. The standard InChI is InChI=1S/C38H54N10O13/c49-26-61-25-47(24-36(56)57)17-15-45(22-34(52)53)14-16-46(23-35(54)55)21-33(51)41-10-3-1-2-7-32(50)44-29(38(59)60)20-42-37(58)27-8-9-30-28(18-27)19-43-48(30)13-5-12-40-31-6-4-11-39-31/h4,8-9,11,18-19,26,29H,1-3,5-7,10,12-17,20-25H2,(H,39,40)(H,41,51)(H,42,58)(H,44,50)(H,52,53)(H,54,55)(H,56,57)(H,59,60)/t29-/m0/s1. The SMILES string of the molecule is O=COCN(CCN(CCN(CC(=O)O)CC(=O)NCCCCCC(=O)N[C@@H](CNC(=O)c1ccc2c(cnn2CCCN=C2CC=CN2)c1)C(=O)O)CC(=O)O)CC(=O)O. The van der Waals surface area contributed by atoms with Crippen LogP contribution in [0.3, 0.4) is 0 Å². The van der Waals surface area contributed by atoms with E-state index in [2.05, 4.69) is 36.1 Å². The maximum absolute atomic E-state index is 12.9. The van der Waals surface area contributed by atoms with Crippen molar-refractivity contribution < 1.29 is 63.5 Å². The molecule has 1 aliphatic heterocycles. The predicted molar refractivity (Wildman–Crippen MR) is 216 cm³/mol. The summed E-state index contributed by atoms with van der Waals surface area (Å²) in [6.07, 6.45) is 8.38. The van der Waals surface area contributed by atoms with Gasteiger partial charge in [0, 0.05) is 76.1 Å². The average Bonchev–Trinajstić information content (AvgIpc) is 3.88. The molecule has 23 heteroatoms. The third-order valence-corrected chi connectivity index (χ3v) is 9.15. The Balaban J connectivity index is 1.35. The lowest BCUT2D eigenvalue weighted by Gasteiger charge is -2.27. The normalized spacial score (nSPS) is 13.3. The molecule has 0 saturated carbocycles. The molecule has 1 atom stereocenters. The average molecular weight is 859 g/mol. The third kappa shape index (κ3) is 19.4. The fourth-order valence-corrected chi connectivity index (χ4v) is 6.12. The quantitative estimate of drug-likeness (QED) is 0.0238. The van der Waals surface area contributed by atoms with Gasteiger partial charge in [0.25, 0.3) is 12.4 Å². The van der Waals surface area contributed by atoms with E-state index in [-0.39, 0.29) is 65.4 Å². The Morgan fingerprint density at radius 2 is 1.54 bits per heavy atom. The Morgan fingerprint density at radius 3 is 2.21 bits per heavy atom. The molecule has 3 rings (SSSR count). The number of ether oxygens (including phenoxy) is 1. The minimum absolute atomic E-state index is 0.00858. The molecule has 3 amide bonds. The van der Waals surface area contributed by atoms with Gasteiger partial charge in [-0.3, -0.25) is 57.9 Å². The summed E-state index contributed by atoms with van der Waals surface area (Å²) < 4.78 is 6.44. The highest BCUT2D eigenvalue weighted by atomic mass is 16.5. The first kappa shape index (κ1) is 48.9. The Morgan fingerprint density at radius 1 is 0.852 bits per heavy atom. The number of benzene rings is 1. The monoisotopic (exact) mass is 858 g/mol. The number of fused-ring (bicyclic) bond motifs is 1. The summed E-state index contributed by atoms with van der Waals surface area (Å²) in [6.45, 7) is -0.712. The summed E-state index contributed by atoms with van der Waals surface area (Å²) in [5.41, 5.74) is 1.14. The fraction of sp³-hybridized carbons (Fsp3) is 0.526. The number of unbranched alkanes of at least 4 members (excludes halogenated alkanes) is 2. The van der Waals surface area contributed by atoms with Gasteiger partial charge in [-0.1, -0.05) is 12.5 Å². The van der Waals surface area contributed by atoms with Gasteiger partial charge >= 0.3 is 23.9 Å². The van der Waals surface area contributed by atoms with Gasteiger partial charge in [-0.15, -0.1) is 0 Å². The smallest absolute Gasteiger partial charge is 0.328 e. The number of rotatable bonds is 32. The van der Waals surface area contributed by atoms with E-state index in [4.69, 9.17) is 5.11 Å². The molecule has 2 heterocycles. The molecule has 1 aromatic heterocycles. The van der Waals surface area contributed by atoms with Crippen LogP contribution in [0, 0.1) is 0 Å². The van der Waals surface area contributed by atoms with Crippen molar-refractivity contribution in [1.82, 2.24) is 45.7 Å². The van der Waals surface area contributed by atoms with E-state index >= 15 is 0 Å². The predicted octanol–water partition coefficient (Wildman–Crippen LogP) is -1.40. The van der Waals surface area contributed by atoms with E-state index in [1.54, 1.807) is 24.4 Å². The molecule has 23 nitrogen and oxygen atoms in total. The molecule has 0 radical (unpaired) electrons. The first-order valence-corrected chi connectivity index (χ1v) is 19.6. The number of aromatic nitrogens is 2. The van der Waals surface area contributed by atoms with Crippen LogP contribution in [0.4, 0.5) is 0 Å². The van der Waals surface area contributed by atoms with Crippen molar-refractivity contribution in [3.63, 3.8) is 0 Å². The molecule has 2 aromatic rings. The minimum atomic E-state index is -1.37. The number of nitrogens with zero attached hydrogens (tertiary/aromatic N) is 6. The first-order valence-electron chi connectivity index (χ1n) is 19.6. The Hall–Kier alpha value is -6.46. The van der Waals surface area contributed by atoms with Crippen LogP contribution in [0.25, 0.3) is 10.9 Å². The molecule has 61 heavy (non-hydrogen) atoms. The zero-order valence-corrected chi connectivity index (χ0v) is 33.7. The number of aliphatic carboxylic acids is 4. The molecule has 8 N–H and O–H groups in total. The molecule has 0 unspecified atom stereocenters. The van der Waals surface area contributed by atoms with Crippen LogP contribution in [-0.4, -0.2) is 184 Å². The second-order valence-electron chi connectivity index (χ2n) is 14.0. The van der Waals surface area contributed by atoms with Gasteiger partial charge in [0.15, 0.2) is 0 Å². The van der Waals surface area contributed by atoms with Crippen molar-refractivity contribution in [1.29, 1.82) is 0 Å². The lowest BCUT2D eigenvalue weighted by Crippen LogP contribution is -2.48. The third-order valence-electron chi connectivity index (χ3n) is 9.15. The van der Waals surface area contributed by atoms with Crippen molar-refractivity contribution in [3.05, 3.63) is 42.2 Å². The molecular formula is C38H54N10O13. The van der Waals surface area contributed by atoms with Crippen molar-refractivity contribution >= 4 is 64.8 Å². The molecule has 1 aromatic carbocycles. The van der Waals surface area contributed by atoms with Gasteiger partial charge < -0.3 is 46.4 Å². The summed E-state index contributed by atoms with van der Waals surface area (Å²) in [4.78, 5) is 103. The number of carboxylic acids is 4. The van der Waals surface area contributed by atoms with Crippen LogP contribution < -0.4 is 21.3 Å². The Bertz CT molecular complexity index is 1880. The highest BCUT2D eigenvalue weighted by Crippen LogP contribution is 2.16. The number of amidine groups is 1. The first-order chi connectivity index (χ1) is 29.2. The molecule has 0 saturated heterocycles. The van der Waals surface area contributed by atoms with Crippen molar-refractivity contribution in [2.45, 2.75) is 51.1 Å². The largest absolute Gasteiger partial charge is 0.480 e. The second kappa shape index (κ2) is 26.6. The van der Waals surface area contributed by atoms with Crippen LogP contribution in [0.5, 0.6) is 0 Å². The van der Waals surface area contributed by atoms with Gasteiger partial charge in [-0.05, 0) is 43.7 Å². The van der Waals surface area contributed by atoms with E-state index in [9.17, 15) is 53.7 Å². The van der Waals surface area contributed by atoms with Gasteiger partial charge in [0.05, 0.1) is 37.9 Å². The van der Waals surface area contributed by atoms with Crippen LogP contribution >= 0.6 is 0 Å². The number of aryl methyl sites for hydroxylation is 1. The van der Waals surface area contributed by atoms with E-state index in [1.807, 2.05) is 17.0 Å². The van der Waals surface area contributed by atoms with Crippen LogP contribution in [0.1, 0.15) is 48.9 Å². The highest BCUT2D eigenvalue weighted by Gasteiger charge is 2.22. The molecule has 0 bridgehead atoms. The molecule has 1 aliphatic rings. The molecule has 0 fully saturated rings. The van der Waals surface area contributed by atoms with Crippen molar-refractivity contribution in [2.75, 3.05) is 78.7 Å². The number of aliphatic imine (C=N–C) groups is 1. The van der Waals surface area contributed by atoms with Gasteiger partial charge in [0.2, 0.25) is 11.8 Å². The zero-order valence-electron chi connectivity index (χ0n) is 33.7. The second-order valence-corrected chi connectivity index (χ2v) is 14.0. The summed E-state index contributed by atoms with van der Waals surface area (Å²) in [6, 6.07) is 3.67. The van der Waals surface area contributed by atoms with Crippen LogP contribution in [0.2, 0.25) is 0 Å². The Labute approximate surface area is 350 Å². The topological polar surface area (TPSA) is 315 Å². The van der Waals surface area contributed by atoms with Gasteiger partial charge in [0.1, 0.15) is 18.6 Å². The maximum atomic E-state index is 12.9. The maximum Gasteiger partial charge on any atom is 0.328 e. The number of carboxylic acid groups (broad SMARTS) is 4. The molecule has 0 aliphatic carbocycles. The lowest BCUT2D eigenvalue weighted by atomic mass is 10.1. The number of hydrogen-bond donors (Lipinski definition) is 8. The number of amides is 3. The highest BCUT2D eigenvalue weighted by molar-refractivity contribution is 5.98. The molecular weight excluding hydrogens is 804 g/mol. The van der Waals surface area contributed by atoms with Gasteiger partial charge in [-0.2, -0.15) is 5.10 Å². The van der Waals surface area contributed by atoms with Crippen LogP contribution in [0.15, 0.2) is 41.7 Å². The van der Waals surface area contributed by atoms with Crippen molar-refractivity contribution in [3.8, 4) is 0 Å². The van der Waals surface area contributed by atoms with Crippen LogP contribution in [-0.2, 0) is 44.8 Å². The minimum Gasteiger partial charge on any atom is -0.480 e. The number of carbonyl (C=O) groups excluding carboxylic acids is 4. The number of hydrogen-bond acceptors (Lipinski definition) is 14. The summed E-state index contributed by atoms with van der Waals surface area (Å²) >= 11 is 0. The molecule has 0 spiro atoms. The Kier molecular flexibility index (Phi) is 21.3. The zero-order chi connectivity index (χ0) is 44.6. The van der Waals surface area contributed by atoms with E-state index < -0.39 is 67.3 Å². The summed E-state index contributed by atoms with van der Waals surface area (Å²) in [7, 11) is 0. The summed E-state index contributed by atoms with van der Waals surface area (Å²) in [5, 5.41) is 53.3. The number of nitrogens with one attached hydrogen (secondary N) is 4. The van der Waals surface area contributed by atoms with Crippen molar-refractivity contribution in [2.24, 2.45) is 4.99 Å². The number of carbonyl (C=O) groups is 8. The van der Waals surface area contributed by atoms with E-state index in [1.165, 1.54) is 14.7 Å². The lowest BCUT2D eigenvalue weighted by molar-refractivity contribution is -0.144. The summed E-state index contributed by atoms with van der Waals surface area (Å²) in [5.74, 6) is -5.52. The van der Waals surface area contributed by atoms with E-state index in [0.717, 1.165) is 29.6 Å². The van der Waals surface area contributed by atoms with E-state index in [0.29, 0.717) is 37.9 Å².